The molecule has 0 heterocycles. The number of benzene rings is 1. The molecule has 0 saturated carbocycles. The van der Waals surface area contributed by atoms with Gasteiger partial charge in [0.05, 0.1) is 0 Å². The molecule has 96 valence electrons. The van der Waals surface area contributed by atoms with Crippen molar-refractivity contribution in [2.45, 2.75) is 32.9 Å². The minimum atomic E-state index is 0.162. The first-order valence-electron chi connectivity index (χ1n) is 6.11. The molecule has 1 aromatic rings. The predicted octanol–water partition coefficient (Wildman–Crippen LogP) is 3.27. The summed E-state index contributed by atoms with van der Waals surface area (Å²) >= 11 is 3.51. The molecule has 1 rings (SSSR count). The quantitative estimate of drug-likeness (QED) is 0.867. The van der Waals surface area contributed by atoms with Crippen LogP contribution in [0.5, 0.6) is 0 Å². The number of likely N-dealkylation sites (N-methyl/N-ethyl adjacent to an activating group) is 2. The Labute approximate surface area is 114 Å². The highest BCUT2D eigenvalue weighted by Gasteiger charge is 2.18. The predicted molar refractivity (Wildman–Crippen MR) is 78.2 cm³/mol. The molecule has 0 unspecified atom stereocenters. The Hall–Kier alpha value is -0.380. The van der Waals surface area contributed by atoms with Crippen LogP contribution in [0, 0.1) is 0 Å². The third kappa shape index (κ3) is 5.66. The highest BCUT2D eigenvalue weighted by Crippen LogP contribution is 2.14. The first-order chi connectivity index (χ1) is 7.93. The Kier molecular flexibility index (Phi) is 5.63. The zero-order valence-corrected chi connectivity index (χ0v) is 12.8. The molecule has 0 aliphatic rings. The maximum atomic E-state index is 3.51. The van der Waals surface area contributed by atoms with Crippen molar-refractivity contribution in [2.75, 3.05) is 20.1 Å². The van der Waals surface area contributed by atoms with Crippen LogP contribution in [-0.4, -0.2) is 30.6 Å². The Morgan fingerprint density at radius 3 is 2.65 bits per heavy atom. The first kappa shape index (κ1) is 14.7. The van der Waals surface area contributed by atoms with Crippen LogP contribution >= 0.6 is 15.9 Å². The molecule has 0 amide bonds. The second-order valence-electron chi connectivity index (χ2n) is 5.22. The molecule has 0 aromatic heterocycles. The second kappa shape index (κ2) is 6.53. The van der Waals surface area contributed by atoms with Gasteiger partial charge < -0.3 is 10.2 Å². The average molecular weight is 299 g/mol. The van der Waals surface area contributed by atoms with Crippen molar-refractivity contribution in [2.24, 2.45) is 0 Å². The SMILES string of the molecule is CCNC(C)(C)CN(C)Cc1cccc(Br)c1. The molecule has 17 heavy (non-hydrogen) atoms. The summed E-state index contributed by atoms with van der Waals surface area (Å²) in [7, 11) is 2.17. The maximum Gasteiger partial charge on any atom is 0.0252 e. The monoisotopic (exact) mass is 298 g/mol. The van der Waals surface area contributed by atoms with Gasteiger partial charge in [-0.3, -0.25) is 0 Å². The van der Waals surface area contributed by atoms with Crippen molar-refractivity contribution in [3.63, 3.8) is 0 Å². The lowest BCUT2D eigenvalue weighted by molar-refractivity contribution is 0.231. The number of nitrogens with zero attached hydrogens (tertiary/aromatic N) is 1. The van der Waals surface area contributed by atoms with Crippen molar-refractivity contribution in [1.29, 1.82) is 0 Å². The van der Waals surface area contributed by atoms with E-state index in [4.69, 9.17) is 0 Å². The van der Waals surface area contributed by atoms with E-state index in [1.807, 2.05) is 0 Å². The van der Waals surface area contributed by atoms with Crippen molar-refractivity contribution in [3.8, 4) is 0 Å². The van der Waals surface area contributed by atoms with Crippen LogP contribution in [0.4, 0.5) is 0 Å². The Balaban J connectivity index is 2.52. The third-order valence-electron chi connectivity index (χ3n) is 2.66. The third-order valence-corrected chi connectivity index (χ3v) is 3.16. The molecular weight excluding hydrogens is 276 g/mol. The van der Waals surface area contributed by atoms with Gasteiger partial charge in [-0.25, -0.2) is 0 Å². The van der Waals surface area contributed by atoms with E-state index in [0.717, 1.165) is 24.1 Å². The zero-order chi connectivity index (χ0) is 12.9. The fourth-order valence-electron chi connectivity index (χ4n) is 2.21. The van der Waals surface area contributed by atoms with E-state index in [2.05, 4.69) is 78.2 Å². The van der Waals surface area contributed by atoms with Gasteiger partial charge in [-0.15, -0.1) is 0 Å². The lowest BCUT2D eigenvalue weighted by atomic mass is 10.0. The largest absolute Gasteiger partial charge is 0.311 e. The normalized spacial score (nSPS) is 12.1. The number of hydrogen-bond donors (Lipinski definition) is 1. The van der Waals surface area contributed by atoms with E-state index >= 15 is 0 Å². The minimum absolute atomic E-state index is 0.162. The van der Waals surface area contributed by atoms with Crippen LogP contribution in [-0.2, 0) is 6.54 Å². The Morgan fingerprint density at radius 2 is 2.06 bits per heavy atom. The van der Waals surface area contributed by atoms with Crippen molar-refractivity contribution >= 4 is 15.9 Å². The summed E-state index contributed by atoms with van der Waals surface area (Å²) in [5.74, 6) is 0. The molecule has 0 radical (unpaired) electrons. The molecule has 0 aliphatic carbocycles. The second-order valence-corrected chi connectivity index (χ2v) is 6.13. The topological polar surface area (TPSA) is 15.3 Å². The number of halogens is 1. The molecule has 0 spiro atoms. The molecule has 0 fully saturated rings. The molecule has 0 atom stereocenters. The summed E-state index contributed by atoms with van der Waals surface area (Å²) in [6.45, 7) is 9.66. The van der Waals surface area contributed by atoms with E-state index in [0.29, 0.717) is 0 Å². The van der Waals surface area contributed by atoms with Gasteiger partial charge in [0.2, 0.25) is 0 Å². The molecule has 0 aliphatic heterocycles. The van der Waals surface area contributed by atoms with Gasteiger partial charge in [0.1, 0.15) is 0 Å². The van der Waals surface area contributed by atoms with Gasteiger partial charge in [-0.05, 0) is 45.1 Å². The van der Waals surface area contributed by atoms with E-state index in [1.54, 1.807) is 0 Å². The minimum Gasteiger partial charge on any atom is -0.311 e. The van der Waals surface area contributed by atoms with Crippen molar-refractivity contribution < 1.29 is 0 Å². The lowest BCUT2D eigenvalue weighted by Gasteiger charge is -2.31. The molecule has 1 N–H and O–H groups in total. The summed E-state index contributed by atoms with van der Waals surface area (Å²) in [5, 5.41) is 3.50. The van der Waals surface area contributed by atoms with Crippen LogP contribution in [0.1, 0.15) is 26.3 Å². The summed E-state index contributed by atoms with van der Waals surface area (Å²) in [5.41, 5.74) is 1.50. The van der Waals surface area contributed by atoms with Crippen LogP contribution < -0.4 is 5.32 Å². The van der Waals surface area contributed by atoms with Gasteiger partial charge in [0.15, 0.2) is 0 Å². The van der Waals surface area contributed by atoms with Crippen molar-refractivity contribution in [3.05, 3.63) is 34.3 Å². The molecule has 1 aromatic carbocycles. The van der Waals surface area contributed by atoms with Gasteiger partial charge in [-0.1, -0.05) is 35.0 Å². The molecular formula is C14H23BrN2. The van der Waals surface area contributed by atoms with E-state index < -0.39 is 0 Å². The van der Waals surface area contributed by atoms with E-state index in [-0.39, 0.29) is 5.54 Å². The zero-order valence-electron chi connectivity index (χ0n) is 11.3. The molecule has 2 nitrogen and oxygen atoms in total. The van der Waals surface area contributed by atoms with Crippen LogP contribution in [0.25, 0.3) is 0 Å². The van der Waals surface area contributed by atoms with Gasteiger partial charge >= 0.3 is 0 Å². The fourth-order valence-corrected chi connectivity index (χ4v) is 2.66. The highest BCUT2D eigenvalue weighted by atomic mass is 79.9. The lowest BCUT2D eigenvalue weighted by Crippen LogP contribution is -2.47. The number of nitrogens with one attached hydrogen (secondary N) is 1. The first-order valence-corrected chi connectivity index (χ1v) is 6.90. The van der Waals surface area contributed by atoms with Crippen LogP contribution in [0.3, 0.4) is 0 Å². The van der Waals surface area contributed by atoms with E-state index in [1.165, 1.54) is 5.56 Å². The summed E-state index contributed by atoms with van der Waals surface area (Å²) < 4.78 is 1.15. The Bertz CT molecular complexity index is 350. The highest BCUT2D eigenvalue weighted by molar-refractivity contribution is 9.10. The standard InChI is InChI=1S/C14H23BrN2/c1-5-16-14(2,3)11-17(4)10-12-7-6-8-13(15)9-12/h6-9,16H,5,10-11H2,1-4H3. The van der Waals surface area contributed by atoms with Crippen LogP contribution in [0.15, 0.2) is 28.7 Å². The molecule has 0 bridgehead atoms. The van der Waals surface area contributed by atoms with Crippen LogP contribution in [0.2, 0.25) is 0 Å². The molecule has 3 heteroatoms. The van der Waals surface area contributed by atoms with Crippen molar-refractivity contribution in [1.82, 2.24) is 10.2 Å². The van der Waals surface area contributed by atoms with Gasteiger partial charge in [0.25, 0.3) is 0 Å². The number of rotatable bonds is 6. The summed E-state index contributed by atoms with van der Waals surface area (Å²) in [6, 6.07) is 8.49. The fraction of sp³-hybridized carbons (Fsp3) is 0.571. The Morgan fingerprint density at radius 1 is 1.35 bits per heavy atom. The average Bonchev–Trinajstić information content (AvgIpc) is 2.15. The maximum absolute atomic E-state index is 3.51. The van der Waals surface area contributed by atoms with Gasteiger partial charge in [-0.2, -0.15) is 0 Å². The summed E-state index contributed by atoms with van der Waals surface area (Å²) in [4.78, 5) is 2.35. The van der Waals surface area contributed by atoms with Gasteiger partial charge in [0, 0.05) is 23.1 Å². The smallest absolute Gasteiger partial charge is 0.0252 e. The molecule has 0 saturated heterocycles. The number of hydrogen-bond acceptors (Lipinski definition) is 2. The summed E-state index contributed by atoms with van der Waals surface area (Å²) in [6.07, 6.45) is 0. The van der Waals surface area contributed by atoms with E-state index in [9.17, 15) is 0 Å².